The first-order valence-corrected chi connectivity index (χ1v) is 6.78. The van der Waals surface area contributed by atoms with Crippen molar-refractivity contribution in [3.05, 3.63) is 35.4 Å². The Morgan fingerprint density at radius 1 is 1.41 bits per heavy atom. The second-order valence-electron chi connectivity index (χ2n) is 3.41. The fourth-order valence-electron chi connectivity index (χ4n) is 1.38. The van der Waals surface area contributed by atoms with Crippen molar-refractivity contribution >= 4 is 14.0 Å². The summed E-state index contributed by atoms with van der Waals surface area (Å²) in [5, 5.41) is 0. The lowest BCUT2D eigenvalue weighted by molar-refractivity contribution is 0.0526. The molecule has 5 heteroatoms. The maximum atomic E-state index is 11.5. The molecule has 1 unspecified atom stereocenters. The van der Waals surface area contributed by atoms with Gasteiger partial charge in [0.05, 0.1) is 19.3 Å². The van der Waals surface area contributed by atoms with Gasteiger partial charge in [-0.25, -0.2) is 4.79 Å². The fraction of sp³-hybridized carbons (Fsp3) is 0.417. The van der Waals surface area contributed by atoms with Crippen LogP contribution < -0.4 is 0 Å². The van der Waals surface area contributed by atoms with Gasteiger partial charge < -0.3 is 4.74 Å². The van der Waals surface area contributed by atoms with Crippen LogP contribution in [0.15, 0.2) is 24.3 Å². The molecule has 0 saturated heterocycles. The number of ether oxygens (including phenoxy) is 1. The average molecular weight is 255 g/mol. The molecule has 4 nitrogen and oxygen atoms in total. The molecule has 0 N–H and O–H groups in total. The first-order valence-electron chi connectivity index (χ1n) is 5.42. The maximum Gasteiger partial charge on any atom is 0.508 e. The fourth-order valence-corrected chi connectivity index (χ4v) is 2.00. The van der Waals surface area contributed by atoms with E-state index in [1.54, 1.807) is 25.1 Å². The largest absolute Gasteiger partial charge is 0.508 e. The minimum absolute atomic E-state index is 0.328. The van der Waals surface area contributed by atoms with Gasteiger partial charge >= 0.3 is 14.0 Å². The van der Waals surface area contributed by atoms with E-state index in [1.165, 1.54) is 7.11 Å². The Morgan fingerprint density at radius 2 is 2.18 bits per heavy atom. The summed E-state index contributed by atoms with van der Waals surface area (Å²) in [6, 6.07) is 7.15. The standard InChI is InChI=1S/C12H16O4P/c1-3-16-12(13)11-6-4-5-10(9-11)7-8-17(14)15-2/h4-6,9H,3,7-8H2,1-2H3/q+1. The van der Waals surface area contributed by atoms with Crippen LogP contribution in [0.4, 0.5) is 0 Å². The predicted octanol–water partition coefficient (Wildman–Crippen LogP) is 2.79. The maximum absolute atomic E-state index is 11.5. The van der Waals surface area contributed by atoms with Crippen molar-refractivity contribution in [3.63, 3.8) is 0 Å². The molecule has 0 bridgehead atoms. The van der Waals surface area contributed by atoms with Crippen LogP contribution in [0.5, 0.6) is 0 Å². The van der Waals surface area contributed by atoms with Gasteiger partial charge in [0.1, 0.15) is 0 Å². The van der Waals surface area contributed by atoms with Crippen molar-refractivity contribution in [1.29, 1.82) is 0 Å². The molecular formula is C12H16O4P+. The molecule has 1 aromatic carbocycles. The summed E-state index contributed by atoms with van der Waals surface area (Å²) in [4.78, 5) is 11.5. The number of aryl methyl sites for hydroxylation is 1. The van der Waals surface area contributed by atoms with E-state index < -0.39 is 8.03 Å². The van der Waals surface area contributed by atoms with Crippen molar-refractivity contribution in [2.75, 3.05) is 19.9 Å². The van der Waals surface area contributed by atoms with E-state index >= 15 is 0 Å². The van der Waals surface area contributed by atoms with Crippen LogP contribution in [0.25, 0.3) is 0 Å². The highest BCUT2D eigenvalue weighted by molar-refractivity contribution is 7.39. The third kappa shape index (κ3) is 4.63. The molecule has 92 valence electrons. The average Bonchev–Trinajstić information content (AvgIpc) is 2.36. The van der Waals surface area contributed by atoms with Crippen molar-refractivity contribution in [1.82, 2.24) is 0 Å². The number of hydrogen-bond donors (Lipinski definition) is 0. The molecule has 1 rings (SSSR count). The summed E-state index contributed by atoms with van der Waals surface area (Å²) in [5.41, 5.74) is 1.48. The number of esters is 1. The first-order chi connectivity index (χ1) is 8.17. The van der Waals surface area contributed by atoms with Crippen LogP contribution in [0, 0.1) is 0 Å². The molecule has 17 heavy (non-hydrogen) atoms. The number of hydrogen-bond acceptors (Lipinski definition) is 4. The van der Waals surface area contributed by atoms with Crippen molar-refractivity contribution in [2.24, 2.45) is 0 Å². The van der Waals surface area contributed by atoms with Gasteiger partial charge in [-0.15, -0.1) is 4.52 Å². The summed E-state index contributed by atoms with van der Waals surface area (Å²) >= 11 is 0. The second kappa shape index (κ2) is 7.15. The molecule has 0 aliphatic heterocycles. The SMILES string of the molecule is CCOC(=O)c1cccc(CC[P+](=O)OC)c1. The van der Waals surface area contributed by atoms with Gasteiger partial charge in [0.25, 0.3) is 0 Å². The van der Waals surface area contributed by atoms with Gasteiger partial charge in [-0.1, -0.05) is 12.1 Å². The summed E-state index contributed by atoms with van der Waals surface area (Å²) in [7, 11) is -0.176. The molecule has 0 radical (unpaired) electrons. The zero-order valence-electron chi connectivity index (χ0n) is 10.0. The Labute approximate surface area is 102 Å². The number of benzene rings is 1. The van der Waals surface area contributed by atoms with Crippen molar-refractivity contribution in [2.45, 2.75) is 13.3 Å². The Kier molecular flexibility index (Phi) is 5.81. The van der Waals surface area contributed by atoms with E-state index in [1.807, 2.05) is 6.07 Å². The molecule has 0 aromatic heterocycles. The van der Waals surface area contributed by atoms with E-state index in [4.69, 9.17) is 9.26 Å². The highest BCUT2D eigenvalue weighted by Gasteiger charge is 2.14. The minimum atomic E-state index is -1.60. The highest BCUT2D eigenvalue weighted by Crippen LogP contribution is 2.21. The summed E-state index contributed by atoms with van der Waals surface area (Å²) < 4.78 is 20.8. The van der Waals surface area contributed by atoms with Crippen LogP contribution in [0.3, 0.4) is 0 Å². The van der Waals surface area contributed by atoms with Crippen LogP contribution in [0.1, 0.15) is 22.8 Å². The van der Waals surface area contributed by atoms with E-state index in [-0.39, 0.29) is 5.97 Å². The molecule has 0 saturated carbocycles. The molecule has 0 heterocycles. The van der Waals surface area contributed by atoms with Crippen LogP contribution in [-0.2, 0) is 20.2 Å². The van der Waals surface area contributed by atoms with E-state index in [0.717, 1.165) is 5.56 Å². The zero-order chi connectivity index (χ0) is 12.7. The summed E-state index contributed by atoms with van der Waals surface area (Å²) in [5.74, 6) is -0.328. The number of carbonyl (C=O) groups is 1. The van der Waals surface area contributed by atoms with E-state index in [0.29, 0.717) is 24.8 Å². The number of rotatable bonds is 6. The Hall–Kier alpha value is -1.25. The van der Waals surface area contributed by atoms with Gasteiger partial charge in [-0.2, -0.15) is 0 Å². The Bertz CT molecular complexity index is 403. The lowest BCUT2D eigenvalue weighted by Gasteiger charge is -2.03. The minimum Gasteiger partial charge on any atom is -0.462 e. The second-order valence-corrected chi connectivity index (χ2v) is 4.89. The van der Waals surface area contributed by atoms with Crippen LogP contribution in [-0.4, -0.2) is 25.8 Å². The molecule has 0 aliphatic rings. The first kappa shape index (κ1) is 13.8. The normalized spacial score (nSPS) is 11.1. The molecule has 0 fully saturated rings. The quantitative estimate of drug-likeness (QED) is 0.579. The predicted molar refractivity (Wildman–Crippen MR) is 65.6 cm³/mol. The molecule has 1 atom stereocenters. The summed E-state index contributed by atoms with van der Waals surface area (Å²) in [6.07, 6.45) is 1.08. The topological polar surface area (TPSA) is 52.6 Å². The van der Waals surface area contributed by atoms with E-state index in [2.05, 4.69) is 0 Å². The molecular weight excluding hydrogens is 239 g/mol. The Morgan fingerprint density at radius 3 is 2.82 bits per heavy atom. The summed E-state index contributed by atoms with van der Waals surface area (Å²) in [6.45, 7) is 2.13. The lowest BCUT2D eigenvalue weighted by atomic mass is 10.1. The van der Waals surface area contributed by atoms with Gasteiger partial charge in [0.15, 0.2) is 6.16 Å². The molecule has 0 spiro atoms. The van der Waals surface area contributed by atoms with Crippen LogP contribution in [0.2, 0.25) is 0 Å². The van der Waals surface area contributed by atoms with Crippen molar-refractivity contribution in [3.8, 4) is 0 Å². The van der Waals surface area contributed by atoms with Gasteiger partial charge in [0, 0.05) is 6.42 Å². The van der Waals surface area contributed by atoms with Gasteiger partial charge in [-0.05, 0) is 29.2 Å². The smallest absolute Gasteiger partial charge is 0.462 e. The Balaban J connectivity index is 2.65. The van der Waals surface area contributed by atoms with Crippen LogP contribution >= 0.6 is 8.03 Å². The lowest BCUT2D eigenvalue weighted by Crippen LogP contribution is -2.05. The number of carbonyl (C=O) groups excluding carboxylic acids is 1. The van der Waals surface area contributed by atoms with E-state index in [9.17, 15) is 9.36 Å². The molecule has 0 aliphatic carbocycles. The highest BCUT2D eigenvalue weighted by atomic mass is 31.1. The molecule has 0 amide bonds. The van der Waals surface area contributed by atoms with Crippen molar-refractivity contribution < 1.29 is 18.6 Å². The monoisotopic (exact) mass is 255 g/mol. The third-order valence-corrected chi connectivity index (χ3v) is 3.22. The molecule has 1 aromatic rings. The zero-order valence-corrected chi connectivity index (χ0v) is 10.9. The van der Waals surface area contributed by atoms with Gasteiger partial charge in [0.2, 0.25) is 0 Å². The van der Waals surface area contributed by atoms with Gasteiger partial charge in [-0.3, -0.25) is 0 Å². The third-order valence-electron chi connectivity index (χ3n) is 2.22.